The predicted molar refractivity (Wildman–Crippen MR) is 46.9 cm³/mol. The molecule has 0 unspecified atom stereocenters. The maximum atomic E-state index is 9.21. The minimum Gasteiger partial charge on any atom is -0.449 e. The normalized spacial score (nSPS) is 8.62. The van der Waals surface area contributed by atoms with Crippen molar-refractivity contribution in [2.75, 3.05) is 0 Å². The molecule has 0 aliphatic heterocycles. The summed E-state index contributed by atoms with van der Waals surface area (Å²) in [5.41, 5.74) is 0. The molecule has 0 atom stereocenters. The lowest BCUT2D eigenvalue weighted by atomic mass is 10.1. The molecule has 0 aliphatic carbocycles. The Morgan fingerprint density at radius 3 is 1.46 bits per heavy atom. The molecule has 2 N–H and O–H groups in total. The summed E-state index contributed by atoms with van der Waals surface area (Å²) >= 11 is 0. The lowest BCUT2D eigenvalue weighted by Crippen LogP contribution is -2.05. The van der Waals surface area contributed by atoms with Gasteiger partial charge in [-0.25, -0.2) is 9.59 Å². The van der Waals surface area contributed by atoms with Crippen LogP contribution >= 0.6 is 0 Å². The molecule has 0 bridgehead atoms. The molecule has 0 saturated heterocycles. The van der Waals surface area contributed by atoms with Crippen molar-refractivity contribution in [3.8, 4) is 0 Å². The van der Waals surface area contributed by atoms with Crippen LogP contribution in [0.15, 0.2) is 0 Å². The average molecular weight is 192 g/mol. The largest absolute Gasteiger partial charge is 0.516 e. The highest BCUT2D eigenvalue weighted by molar-refractivity contribution is 5.74. The Labute approximate surface area is 77.3 Å². The molecule has 0 saturated carbocycles. The molecule has 0 aromatic heterocycles. The lowest BCUT2D eigenvalue weighted by molar-refractivity contribution is 0.0802. The second-order valence-electron chi connectivity index (χ2n) is 2.56. The lowest BCUT2D eigenvalue weighted by Gasteiger charge is -1.98. The van der Waals surface area contributed by atoms with E-state index in [0.29, 0.717) is 0 Å². The van der Waals surface area contributed by atoms with Crippen molar-refractivity contribution in [2.45, 2.75) is 33.6 Å². The molecule has 5 heteroatoms. The van der Waals surface area contributed by atoms with Gasteiger partial charge in [0, 0.05) is 0 Å². The molecule has 13 heavy (non-hydrogen) atoms. The quantitative estimate of drug-likeness (QED) is 0.519. The van der Waals surface area contributed by atoms with Gasteiger partial charge in [-0.2, -0.15) is 0 Å². The molecule has 0 radical (unpaired) electrons. The summed E-state index contributed by atoms with van der Waals surface area (Å²) in [6, 6.07) is 0. The fraction of sp³-hybridized carbons (Fsp3) is 0.750. The van der Waals surface area contributed by atoms with Crippen molar-refractivity contribution in [3.05, 3.63) is 0 Å². The zero-order valence-electron chi connectivity index (χ0n) is 8.11. The third kappa shape index (κ3) is 18.1. The highest BCUT2D eigenvalue weighted by Crippen LogP contribution is 2.02. The number of rotatable bonds is 2. The van der Waals surface area contributed by atoms with Crippen LogP contribution in [0.2, 0.25) is 0 Å². The molecule has 0 rings (SSSR count). The van der Waals surface area contributed by atoms with Gasteiger partial charge in [0.15, 0.2) is 0 Å². The molecule has 0 heterocycles. The SMILES string of the molecule is CCC(C)CC.O=C(O)OC(=O)O. The third-order valence-electron chi connectivity index (χ3n) is 1.57. The van der Waals surface area contributed by atoms with E-state index in [4.69, 9.17) is 10.2 Å². The van der Waals surface area contributed by atoms with E-state index in [1.54, 1.807) is 0 Å². The van der Waals surface area contributed by atoms with Crippen molar-refractivity contribution in [1.29, 1.82) is 0 Å². The van der Waals surface area contributed by atoms with Crippen molar-refractivity contribution >= 4 is 12.3 Å². The van der Waals surface area contributed by atoms with Crippen LogP contribution in [0, 0.1) is 5.92 Å². The van der Waals surface area contributed by atoms with E-state index in [2.05, 4.69) is 25.5 Å². The van der Waals surface area contributed by atoms with Gasteiger partial charge in [-0.15, -0.1) is 0 Å². The Morgan fingerprint density at radius 1 is 1.15 bits per heavy atom. The third-order valence-corrected chi connectivity index (χ3v) is 1.57. The minimum atomic E-state index is -1.81. The second-order valence-corrected chi connectivity index (χ2v) is 2.56. The van der Waals surface area contributed by atoms with Crippen molar-refractivity contribution < 1.29 is 24.5 Å². The van der Waals surface area contributed by atoms with E-state index in [1.165, 1.54) is 12.8 Å². The molecule has 78 valence electrons. The Morgan fingerprint density at radius 2 is 1.46 bits per heavy atom. The topological polar surface area (TPSA) is 83.8 Å². The van der Waals surface area contributed by atoms with Crippen molar-refractivity contribution in [1.82, 2.24) is 0 Å². The highest BCUT2D eigenvalue weighted by atomic mass is 16.7. The van der Waals surface area contributed by atoms with E-state index in [-0.39, 0.29) is 0 Å². The maximum absolute atomic E-state index is 9.21. The van der Waals surface area contributed by atoms with E-state index >= 15 is 0 Å². The summed E-state index contributed by atoms with van der Waals surface area (Å²) in [5, 5.41) is 15.0. The van der Waals surface area contributed by atoms with E-state index in [9.17, 15) is 9.59 Å². The Bertz CT molecular complexity index is 139. The van der Waals surface area contributed by atoms with Crippen molar-refractivity contribution in [3.63, 3.8) is 0 Å². The van der Waals surface area contributed by atoms with Crippen LogP contribution in [0.1, 0.15) is 33.6 Å². The zero-order valence-corrected chi connectivity index (χ0v) is 8.11. The standard InChI is InChI=1S/C6H14.C2H2O5/c1-4-6(3)5-2;3-1(4)7-2(5)6/h6H,4-5H2,1-3H3;(H,3,4)(H,5,6). The average Bonchev–Trinajstić information content (AvgIpc) is 2.01. The Balaban J connectivity index is 0. The van der Waals surface area contributed by atoms with Crippen LogP contribution < -0.4 is 0 Å². The molecule has 0 fully saturated rings. The molecule has 5 nitrogen and oxygen atoms in total. The number of carboxylic acid groups (broad SMARTS) is 2. The molecular weight excluding hydrogens is 176 g/mol. The van der Waals surface area contributed by atoms with Gasteiger partial charge in [0.05, 0.1) is 0 Å². The van der Waals surface area contributed by atoms with Gasteiger partial charge < -0.3 is 14.9 Å². The van der Waals surface area contributed by atoms with Crippen LogP contribution in [0.3, 0.4) is 0 Å². The summed E-state index contributed by atoms with van der Waals surface area (Å²) < 4.78 is 3.08. The molecule has 0 aromatic rings. The van der Waals surface area contributed by atoms with Crippen LogP contribution in [0.5, 0.6) is 0 Å². The van der Waals surface area contributed by atoms with Crippen LogP contribution in [0.25, 0.3) is 0 Å². The number of carbonyl (C=O) groups is 2. The number of hydrogen-bond acceptors (Lipinski definition) is 3. The molecular formula is C8H16O5. The van der Waals surface area contributed by atoms with Gasteiger partial charge in [-0.05, 0) is 5.92 Å². The first kappa shape index (κ1) is 14.3. The Kier molecular flexibility index (Phi) is 9.70. The number of hydrogen-bond donors (Lipinski definition) is 2. The maximum Gasteiger partial charge on any atom is 0.516 e. The first-order valence-corrected chi connectivity index (χ1v) is 4.07. The summed E-state index contributed by atoms with van der Waals surface area (Å²) in [6.07, 6.45) is -0.965. The fourth-order valence-corrected chi connectivity index (χ4v) is 0.363. The van der Waals surface area contributed by atoms with Gasteiger partial charge in [-0.3, -0.25) is 0 Å². The smallest absolute Gasteiger partial charge is 0.449 e. The fourth-order valence-electron chi connectivity index (χ4n) is 0.363. The van der Waals surface area contributed by atoms with E-state index in [1.807, 2.05) is 0 Å². The zero-order chi connectivity index (χ0) is 10.9. The predicted octanol–water partition coefficient (Wildman–Crippen LogP) is 2.80. The molecule has 0 amide bonds. The van der Waals surface area contributed by atoms with Crippen LogP contribution in [0.4, 0.5) is 9.59 Å². The summed E-state index contributed by atoms with van der Waals surface area (Å²) in [5.74, 6) is 0.935. The van der Waals surface area contributed by atoms with Crippen molar-refractivity contribution in [2.24, 2.45) is 5.92 Å². The first-order chi connectivity index (χ1) is 5.93. The highest BCUT2D eigenvalue weighted by Gasteiger charge is 2.01. The molecule has 0 aromatic carbocycles. The first-order valence-electron chi connectivity index (χ1n) is 4.07. The number of ether oxygens (including phenoxy) is 1. The Hall–Kier alpha value is -1.26. The van der Waals surface area contributed by atoms with E-state index in [0.717, 1.165) is 5.92 Å². The second kappa shape index (κ2) is 8.83. The van der Waals surface area contributed by atoms with Gasteiger partial charge in [-0.1, -0.05) is 33.6 Å². The van der Waals surface area contributed by atoms with Crippen LogP contribution in [-0.4, -0.2) is 22.5 Å². The molecule has 0 aliphatic rings. The summed E-state index contributed by atoms with van der Waals surface area (Å²) in [6.45, 7) is 6.74. The van der Waals surface area contributed by atoms with E-state index < -0.39 is 12.3 Å². The molecule has 0 spiro atoms. The van der Waals surface area contributed by atoms with Gasteiger partial charge in [0.1, 0.15) is 0 Å². The monoisotopic (exact) mass is 192 g/mol. The van der Waals surface area contributed by atoms with Crippen LogP contribution in [-0.2, 0) is 4.74 Å². The summed E-state index contributed by atoms with van der Waals surface area (Å²) in [4.78, 5) is 18.4. The van der Waals surface area contributed by atoms with Gasteiger partial charge in [0.2, 0.25) is 0 Å². The minimum absolute atomic E-state index is 0.935. The summed E-state index contributed by atoms with van der Waals surface area (Å²) in [7, 11) is 0. The van der Waals surface area contributed by atoms with Gasteiger partial charge >= 0.3 is 12.3 Å². The van der Waals surface area contributed by atoms with Gasteiger partial charge in [0.25, 0.3) is 0 Å².